The van der Waals surface area contributed by atoms with Gasteiger partial charge < -0.3 is 4.90 Å². The molecule has 2 aromatic carbocycles. The average molecular weight is 307 g/mol. The highest BCUT2D eigenvalue weighted by atomic mass is 16.2. The number of hydrogen-bond donors (Lipinski definition) is 0. The third-order valence-corrected chi connectivity index (χ3v) is 3.99. The lowest BCUT2D eigenvalue weighted by atomic mass is 10.1. The number of carbonyl (C=O) groups excluding carboxylic acids is 1. The number of fused-ring (bicyclic) bond motifs is 1. The van der Waals surface area contributed by atoms with E-state index in [0.29, 0.717) is 13.0 Å². The Hall–Kier alpha value is -2.62. The second-order valence-corrected chi connectivity index (χ2v) is 6.00. The maximum Gasteiger partial charge on any atom is 0.223 e. The van der Waals surface area contributed by atoms with Crippen LogP contribution in [0, 0.1) is 6.92 Å². The number of aromatic nitrogens is 2. The van der Waals surface area contributed by atoms with Gasteiger partial charge in [0, 0.05) is 31.5 Å². The van der Waals surface area contributed by atoms with E-state index >= 15 is 0 Å². The fourth-order valence-corrected chi connectivity index (χ4v) is 2.70. The summed E-state index contributed by atoms with van der Waals surface area (Å²) in [6, 6.07) is 16.5. The summed E-state index contributed by atoms with van der Waals surface area (Å²) in [6.07, 6.45) is 0.450. The maximum atomic E-state index is 11.9. The Morgan fingerprint density at radius 2 is 1.87 bits per heavy atom. The Labute approximate surface area is 136 Å². The van der Waals surface area contributed by atoms with Crippen LogP contribution in [0.1, 0.15) is 12.0 Å². The number of hydrogen-bond acceptors (Lipinski definition) is 2. The van der Waals surface area contributed by atoms with Crippen LogP contribution in [0.15, 0.2) is 48.5 Å². The molecule has 3 rings (SSSR count). The summed E-state index contributed by atoms with van der Waals surface area (Å²) in [5.74, 6) is 0.113. The fraction of sp³-hybridized carbons (Fsp3) is 0.263. The van der Waals surface area contributed by atoms with Crippen LogP contribution in [0.4, 0.5) is 0 Å². The lowest BCUT2D eigenvalue weighted by molar-refractivity contribution is -0.128. The maximum absolute atomic E-state index is 11.9. The molecule has 0 atom stereocenters. The topological polar surface area (TPSA) is 38.1 Å². The summed E-state index contributed by atoms with van der Waals surface area (Å²) < 4.78 is 1.94. The Kier molecular flexibility index (Phi) is 4.15. The van der Waals surface area contributed by atoms with Gasteiger partial charge in [-0.2, -0.15) is 5.10 Å². The molecule has 0 N–H and O–H groups in total. The van der Waals surface area contributed by atoms with Crippen molar-refractivity contribution in [2.75, 3.05) is 14.1 Å². The van der Waals surface area contributed by atoms with Crippen molar-refractivity contribution in [3.05, 3.63) is 54.1 Å². The van der Waals surface area contributed by atoms with Crippen molar-refractivity contribution >= 4 is 16.8 Å². The van der Waals surface area contributed by atoms with Crippen molar-refractivity contribution in [3.8, 4) is 11.3 Å². The molecule has 3 aromatic rings. The number of aryl methyl sites for hydroxylation is 2. The normalized spacial score (nSPS) is 10.9. The molecular formula is C19H21N3O. The summed E-state index contributed by atoms with van der Waals surface area (Å²) in [7, 11) is 3.56. The highest BCUT2D eigenvalue weighted by Crippen LogP contribution is 2.28. The molecule has 1 aromatic heterocycles. The Bertz CT molecular complexity index is 834. The van der Waals surface area contributed by atoms with Crippen LogP contribution in [0.5, 0.6) is 0 Å². The highest BCUT2D eigenvalue weighted by molar-refractivity contribution is 5.93. The van der Waals surface area contributed by atoms with Crippen LogP contribution in [-0.2, 0) is 11.3 Å². The Morgan fingerprint density at radius 1 is 1.13 bits per heavy atom. The minimum atomic E-state index is 0.113. The predicted molar refractivity (Wildman–Crippen MR) is 93.2 cm³/mol. The molecule has 0 radical (unpaired) electrons. The summed E-state index contributed by atoms with van der Waals surface area (Å²) in [5, 5.41) is 5.91. The zero-order chi connectivity index (χ0) is 16.4. The zero-order valence-corrected chi connectivity index (χ0v) is 13.8. The van der Waals surface area contributed by atoms with Crippen LogP contribution in [0.3, 0.4) is 0 Å². The van der Waals surface area contributed by atoms with E-state index in [9.17, 15) is 4.79 Å². The second kappa shape index (κ2) is 6.24. The molecule has 23 heavy (non-hydrogen) atoms. The second-order valence-electron chi connectivity index (χ2n) is 6.00. The molecule has 0 aliphatic carbocycles. The van der Waals surface area contributed by atoms with Gasteiger partial charge in [0.25, 0.3) is 0 Å². The first-order chi connectivity index (χ1) is 11.1. The Balaban J connectivity index is 2.04. The van der Waals surface area contributed by atoms with Crippen LogP contribution >= 0.6 is 0 Å². The van der Waals surface area contributed by atoms with Gasteiger partial charge in [0.1, 0.15) is 5.69 Å². The molecule has 118 valence electrons. The first-order valence-electron chi connectivity index (χ1n) is 7.79. The van der Waals surface area contributed by atoms with Crippen molar-refractivity contribution in [1.29, 1.82) is 0 Å². The van der Waals surface area contributed by atoms with Crippen molar-refractivity contribution in [2.24, 2.45) is 0 Å². The van der Waals surface area contributed by atoms with E-state index in [1.54, 1.807) is 19.0 Å². The molecule has 0 bridgehead atoms. The highest BCUT2D eigenvalue weighted by Gasteiger charge is 2.13. The lowest BCUT2D eigenvalue weighted by Gasteiger charge is -2.10. The summed E-state index contributed by atoms with van der Waals surface area (Å²) >= 11 is 0. The predicted octanol–water partition coefficient (Wildman–Crippen LogP) is 3.49. The molecule has 0 aliphatic heterocycles. The van der Waals surface area contributed by atoms with Crippen molar-refractivity contribution in [1.82, 2.24) is 14.7 Å². The van der Waals surface area contributed by atoms with Gasteiger partial charge in [-0.25, -0.2) is 0 Å². The monoisotopic (exact) mass is 307 g/mol. The molecule has 1 heterocycles. The van der Waals surface area contributed by atoms with Gasteiger partial charge in [0.2, 0.25) is 5.91 Å². The SMILES string of the molecule is Cc1ccc2c(c1)c(-c1ccccc1)nn2CCC(=O)N(C)C. The number of amides is 1. The molecular weight excluding hydrogens is 286 g/mol. The molecule has 0 spiro atoms. The third-order valence-electron chi connectivity index (χ3n) is 3.99. The van der Waals surface area contributed by atoms with Gasteiger partial charge >= 0.3 is 0 Å². The molecule has 4 heteroatoms. The summed E-state index contributed by atoms with van der Waals surface area (Å²) in [5.41, 5.74) is 4.35. The molecule has 0 saturated heterocycles. The van der Waals surface area contributed by atoms with Crippen LogP contribution in [0.2, 0.25) is 0 Å². The van der Waals surface area contributed by atoms with Gasteiger partial charge in [0.05, 0.1) is 12.1 Å². The van der Waals surface area contributed by atoms with E-state index in [0.717, 1.165) is 22.2 Å². The molecule has 1 amide bonds. The minimum absolute atomic E-state index is 0.113. The molecule has 0 aliphatic rings. The van der Waals surface area contributed by atoms with Crippen molar-refractivity contribution < 1.29 is 4.79 Å². The van der Waals surface area contributed by atoms with Gasteiger partial charge in [-0.15, -0.1) is 0 Å². The standard InChI is InChI=1S/C19H21N3O/c1-14-9-10-17-16(13-14)19(15-7-5-4-6-8-15)20-22(17)12-11-18(23)21(2)3/h4-10,13H,11-12H2,1-3H3. The van der Waals surface area contributed by atoms with Gasteiger partial charge in [-0.3, -0.25) is 9.48 Å². The van der Waals surface area contributed by atoms with Gasteiger partial charge in [0.15, 0.2) is 0 Å². The smallest absolute Gasteiger partial charge is 0.223 e. The van der Waals surface area contributed by atoms with Crippen LogP contribution in [0.25, 0.3) is 22.2 Å². The van der Waals surface area contributed by atoms with E-state index in [1.165, 1.54) is 5.56 Å². The molecule has 0 unspecified atom stereocenters. The van der Waals surface area contributed by atoms with Gasteiger partial charge in [-0.05, 0) is 19.1 Å². The number of rotatable bonds is 4. The molecule has 0 fully saturated rings. The average Bonchev–Trinajstić information content (AvgIpc) is 2.91. The van der Waals surface area contributed by atoms with E-state index in [-0.39, 0.29) is 5.91 Å². The molecule has 0 saturated carbocycles. The summed E-state index contributed by atoms with van der Waals surface area (Å²) in [6.45, 7) is 2.67. The van der Waals surface area contributed by atoms with Crippen molar-refractivity contribution in [2.45, 2.75) is 19.9 Å². The number of benzene rings is 2. The Morgan fingerprint density at radius 3 is 2.57 bits per heavy atom. The number of carbonyl (C=O) groups is 1. The number of nitrogens with zero attached hydrogens (tertiary/aromatic N) is 3. The van der Waals surface area contributed by atoms with E-state index in [2.05, 4.69) is 37.3 Å². The largest absolute Gasteiger partial charge is 0.349 e. The first kappa shape index (κ1) is 15.3. The summed E-state index contributed by atoms with van der Waals surface area (Å²) in [4.78, 5) is 13.5. The van der Waals surface area contributed by atoms with Gasteiger partial charge in [-0.1, -0.05) is 42.0 Å². The third kappa shape index (κ3) is 3.11. The van der Waals surface area contributed by atoms with Crippen LogP contribution in [-0.4, -0.2) is 34.7 Å². The van der Waals surface area contributed by atoms with E-state index in [4.69, 9.17) is 5.10 Å². The van der Waals surface area contributed by atoms with E-state index < -0.39 is 0 Å². The molecule has 4 nitrogen and oxygen atoms in total. The minimum Gasteiger partial charge on any atom is -0.349 e. The quantitative estimate of drug-likeness (QED) is 0.740. The lowest BCUT2D eigenvalue weighted by Crippen LogP contribution is -2.23. The van der Waals surface area contributed by atoms with Crippen molar-refractivity contribution in [3.63, 3.8) is 0 Å². The fourth-order valence-electron chi connectivity index (χ4n) is 2.70. The van der Waals surface area contributed by atoms with Crippen LogP contribution < -0.4 is 0 Å². The van der Waals surface area contributed by atoms with E-state index in [1.807, 2.05) is 22.9 Å². The first-order valence-corrected chi connectivity index (χ1v) is 7.79. The zero-order valence-electron chi connectivity index (χ0n) is 13.8.